The topological polar surface area (TPSA) is 59.7 Å². The normalized spacial score (nSPS) is 18.6. The summed E-state index contributed by atoms with van der Waals surface area (Å²) in [5, 5.41) is 0. The van der Waals surface area contributed by atoms with Gasteiger partial charge in [-0.1, -0.05) is 0 Å². The van der Waals surface area contributed by atoms with E-state index in [1.807, 2.05) is 29.4 Å². The van der Waals surface area contributed by atoms with E-state index in [9.17, 15) is 0 Å². The van der Waals surface area contributed by atoms with E-state index in [1.165, 1.54) is 12.0 Å². The van der Waals surface area contributed by atoms with E-state index in [1.54, 1.807) is 18.7 Å². The van der Waals surface area contributed by atoms with E-state index in [4.69, 9.17) is 4.98 Å². The van der Waals surface area contributed by atoms with E-state index in [0.717, 1.165) is 37.6 Å². The van der Waals surface area contributed by atoms with Crippen LogP contribution in [0.25, 0.3) is 5.82 Å². The molecule has 0 aromatic carbocycles. The fourth-order valence-corrected chi connectivity index (χ4v) is 3.27. The molecule has 4 rings (SSSR count). The van der Waals surface area contributed by atoms with Gasteiger partial charge >= 0.3 is 0 Å². The molecule has 0 saturated carbocycles. The third kappa shape index (κ3) is 3.33. The first-order chi connectivity index (χ1) is 11.9. The lowest BCUT2D eigenvalue weighted by Gasteiger charge is -2.32. The summed E-state index contributed by atoms with van der Waals surface area (Å²) in [5.74, 6) is 1.26. The van der Waals surface area contributed by atoms with Crippen LogP contribution in [0.3, 0.4) is 0 Å². The number of rotatable bonds is 4. The molecule has 6 heteroatoms. The summed E-state index contributed by atoms with van der Waals surface area (Å²) in [4.78, 5) is 19.9. The standard InChI is InChI=1S/C18H20N6/c1-2-16(13-23(8-1)12-15-3-5-19-6-4-15)17-10-21-11-18(22-17)24-9-7-20-14-24/h3-7,9-11,14,16H,1-2,8,12-13H2. The van der Waals surface area contributed by atoms with Crippen molar-refractivity contribution in [2.75, 3.05) is 13.1 Å². The van der Waals surface area contributed by atoms with Gasteiger partial charge < -0.3 is 0 Å². The molecule has 1 saturated heterocycles. The van der Waals surface area contributed by atoms with Crippen molar-refractivity contribution in [2.45, 2.75) is 25.3 Å². The zero-order valence-corrected chi connectivity index (χ0v) is 13.5. The fourth-order valence-electron chi connectivity index (χ4n) is 3.27. The first kappa shape index (κ1) is 15.0. The van der Waals surface area contributed by atoms with Crippen LogP contribution >= 0.6 is 0 Å². The molecule has 1 aliphatic rings. The Labute approximate surface area is 141 Å². The number of piperidine rings is 1. The van der Waals surface area contributed by atoms with E-state index in [-0.39, 0.29) is 0 Å². The Bertz CT molecular complexity index is 771. The minimum absolute atomic E-state index is 0.427. The summed E-state index contributed by atoms with van der Waals surface area (Å²) in [6.07, 6.45) is 15.2. The summed E-state index contributed by atoms with van der Waals surface area (Å²) in [7, 11) is 0. The van der Waals surface area contributed by atoms with Crippen LogP contribution < -0.4 is 0 Å². The Balaban J connectivity index is 1.49. The number of imidazole rings is 1. The van der Waals surface area contributed by atoms with Crippen molar-refractivity contribution < 1.29 is 0 Å². The van der Waals surface area contributed by atoms with Crippen LogP contribution in [0.1, 0.15) is 30.0 Å². The smallest absolute Gasteiger partial charge is 0.156 e. The lowest BCUT2D eigenvalue weighted by atomic mass is 9.94. The Morgan fingerprint density at radius 1 is 1.04 bits per heavy atom. The van der Waals surface area contributed by atoms with Gasteiger partial charge in [0.15, 0.2) is 5.82 Å². The summed E-state index contributed by atoms with van der Waals surface area (Å²) in [6, 6.07) is 4.17. The maximum absolute atomic E-state index is 4.80. The molecule has 4 heterocycles. The van der Waals surface area contributed by atoms with Gasteiger partial charge in [-0.15, -0.1) is 0 Å². The van der Waals surface area contributed by atoms with Gasteiger partial charge in [-0.2, -0.15) is 0 Å². The van der Waals surface area contributed by atoms with Crippen molar-refractivity contribution in [1.29, 1.82) is 0 Å². The summed E-state index contributed by atoms with van der Waals surface area (Å²) in [6.45, 7) is 3.12. The van der Waals surface area contributed by atoms with Crippen LogP contribution in [-0.2, 0) is 6.54 Å². The molecular weight excluding hydrogens is 300 g/mol. The number of hydrogen-bond donors (Lipinski definition) is 0. The molecule has 122 valence electrons. The van der Waals surface area contributed by atoms with Crippen molar-refractivity contribution in [3.8, 4) is 5.82 Å². The largest absolute Gasteiger partial charge is 0.298 e. The second kappa shape index (κ2) is 6.88. The molecule has 24 heavy (non-hydrogen) atoms. The molecule has 6 nitrogen and oxygen atoms in total. The van der Waals surface area contributed by atoms with Gasteiger partial charge in [-0.3, -0.25) is 19.4 Å². The molecule has 0 bridgehead atoms. The number of hydrogen-bond acceptors (Lipinski definition) is 5. The van der Waals surface area contributed by atoms with Crippen molar-refractivity contribution in [2.24, 2.45) is 0 Å². The highest BCUT2D eigenvalue weighted by molar-refractivity contribution is 5.21. The quantitative estimate of drug-likeness (QED) is 0.739. The first-order valence-corrected chi connectivity index (χ1v) is 8.30. The van der Waals surface area contributed by atoms with E-state index >= 15 is 0 Å². The minimum atomic E-state index is 0.427. The van der Waals surface area contributed by atoms with E-state index < -0.39 is 0 Å². The molecule has 0 spiro atoms. The number of nitrogens with zero attached hydrogens (tertiary/aromatic N) is 6. The molecule has 1 fully saturated rings. The van der Waals surface area contributed by atoms with Crippen molar-refractivity contribution >= 4 is 0 Å². The molecule has 3 aromatic heterocycles. The fraction of sp³-hybridized carbons (Fsp3) is 0.333. The van der Waals surface area contributed by atoms with Crippen molar-refractivity contribution in [3.05, 3.63) is 66.9 Å². The Morgan fingerprint density at radius 3 is 2.79 bits per heavy atom. The van der Waals surface area contributed by atoms with Crippen molar-refractivity contribution in [1.82, 2.24) is 29.4 Å². The average Bonchev–Trinajstić information content (AvgIpc) is 3.18. The third-order valence-electron chi connectivity index (χ3n) is 4.49. The molecule has 1 atom stereocenters. The first-order valence-electron chi connectivity index (χ1n) is 8.30. The minimum Gasteiger partial charge on any atom is -0.298 e. The second-order valence-corrected chi connectivity index (χ2v) is 6.20. The molecule has 0 radical (unpaired) electrons. The van der Waals surface area contributed by atoms with Crippen LogP contribution in [0.15, 0.2) is 55.6 Å². The van der Waals surface area contributed by atoms with Gasteiger partial charge in [0.2, 0.25) is 0 Å². The SMILES string of the molecule is c1cc(CN2CCCC(c3cncc(-n4ccnc4)n3)C2)ccn1. The van der Waals surface area contributed by atoms with Crippen molar-refractivity contribution in [3.63, 3.8) is 0 Å². The maximum atomic E-state index is 4.80. The lowest BCUT2D eigenvalue weighted by Crippen LogP contribution is -2.34. The van der Waals surface area contributed by atoms with Gasteiger partial charge in [-0.25, -0.2) is 9.97 Å². The monoisotopic (exact) mass is 320 g/mol. The summed E-state index contributed by atoms with van der Waals surface area (Å²) >= 11 is 0. The second-order valence-electron chi connectivity index (χ2n) is 6.20. The van der Waals surface area contributed by atoms with Crippen LogP contribution in [0.2, 0.25) is 0 Å². The molecule has 3 aromatic rings. The van der Waals surface area contributed by atoms with Gasteiger partial charge in [0.05, 0.1) is 11.9 Å². The Morgan fingerprint density at radius 2 is 1.96 bits per heavy atom. The lowest BCUT2D eigenvalue weighted by molar-refractivity contribution is 0.198. The molecule has 0 N–H and O–H groups in total. The summed E-state index contributed by atoms with van der Waals surface area (Å²) < 4.78 is 1.90. The molecule has 1 unspecified atom stereocenters. The van der Waals surface area contributed by atoms with Crippen LogP contribution in [0, 0.1) is 0 Å². The number of pyridine rings is 1. The Kier molecular flexibility index (Phi) is 4.29. The van der Waals surface area contributed by atoms with Crippen LogP contribution in [0.5, 0.6) is 0 Å². The molecule has 0 amide bonds. The van der Waals surface area contributed by atoms with Crippen LogP contribution in [-0.4, -0.2) is 42.5 Å². The Hall–Kier alpha value is -2.60. The molecule has 1 aliphatic heterocycles. The zero-order chi connectivity index (χ0) is 16.2. The van der Waals surface area contributed by atoms with Gasteiger partial charge in [0.1, 0.15) is 6.33 Å². The third-order valence-corrected chi connectivity index (χ3v) is 4.49. The maximum Gasteiger partial charge on any atom is 0.156 e. The van der Waals surface area contributed by atoms with Gasteiger partial charge in [-0.05, 0) is 37.1 Å². The predicted molar refractivity (Wildman–Crippen MR) is 90.6 cm³/mol. The van der Waals surface area contributed by atoms with E-state index in [0.29, 0.717) is 5.92 Å². The number of aromatic nitrogens is 5. The molecular formula is C18H20N6. The van der Waals surface area contributed by atoms with E-state index in [2.05, 4.69) is 32.0 Å². The van der Waals surface area contributed by atoms with Gasteiger partial charge in [0.25, 0.3) is 0 Å². The highest BCUT2D eigenvalue weighted by Gasteiger charge is 2.23. The van der Waals surface area contributed by atoms with Gasteiger partial charge in [0, 0.05) is 50.0 Å². The van der Waals surface area contributed by atoms with Crippen LogP contribution in [0.4, 0.5) is 0 Å². The summed E-state index contributed by atoms with van der Waals surface area (Å²) in [5.41, 5.74) is 2.38. The predicted octanol–water partition coefficient (Wildman–Crippen LogP) is 2.44. The zero-order valence-electron chi connectivity index (χ0n) is 13.5. The highest BCUT2D eigenvalue weighted by atomic mass is 15.1. The number of likely N-dealkylation sites (tertiary alicyclic amines) is 1. The molecule has 0 aliphatic carbocycles. The average molecular weight is 320 g/mol. The highest BCUT2D eigenvalue weighted by Crippen LogP contribution is 2.26.